The second-order valence-corrected chi connectivity index (χ2v) is 3.17. The summed E-state index contributed by atoms with van der Waals surface area (Å²) in [5.74, 6) is -1.93. The Morgan fingerprint density at radius 2 is 2.12 bits per heavy atom. The number of aromatic carboxylic acids is 1. The van der Waals surface area contributed by atoms with E-state index in [1.165, 1.54) is 25.1 Å². The second kappa shape index (κ2) is 3.73. The quantitative estimate of drug-likeness (QED) is 0.718. The zero-order chi connectivity index (χ0) is 11.7. The van der Waals surface area contributed by atoms with Crippen molar-refractivity contribution in [2.24, 2.45) is 0 Å². The standard InChI is InChI=1S/C10H8FN3O2/c1-6-9(10(15)16)12-13-14(6)8-5-3-2-4-7(8)11/h2-5H,1H3,(H,15,16)/p-1. The number of aromatic nitrogens is 3. The van der Waals surface area contributed by atoms with E-state index in [2.05, 4.69) is 10.3 Å². The van der Waals surface area contributed by atoms with Crippen LogP contribution in [0.5, 0.6) is 0 Å². The van der Waals surface area contributed by atoms with Gasteiger partial charge in [-0.3, -0.25) is 0 Å². The molecule has 0 atom stereocenters. The van der Waals surface area contributed by atoms with Crippen molar-refractivity contribution >= 4 is 5.97 Å². The van der Waals surface area contributed by atoms with Gasteiger partial charge in [0.1, 0.15) is 17.2 Å². The molecule has 0 radical (unpaired) electrons. The summed E-state index contributed by atoms with van der Waals surface area (Å²) < 4.78 is 14.5. The molecule has 1 aromatic heterocycles. The first kappa shape index (κ1) is 10.3. The number of carboxylic acid groups (broad SMARTS) is 1. The topological polar surface area (TPSA) is 70.8 Å². The highest BCUT2D eigenvalue weighted by Gasteiger charge is 2.12. The van der Waals surface area contributed by atoms with Gasteiger partial charge in [-0.05, 0) is 19.1 Å². The van der Waals surface area contributed by atoms with Crippen molar-refractivity contribution in [2.45, 2.75) is 6.92 Å². The maximum atomic E-state index is 13.4. The summed E-state index contributed by atoms with van der Waals surface area (Å²) in [6, 6.07) is 5.90. The van der Waals surface area contributed by atoms with Crippen LogP contribution >= 0.6 is 0 Å². The average Bonchev–Trinajstić information content (AvgIpc) is 2.61. The van der Waals surface area contributed by atoms with E-state index >= 15 is 0 Å². The molecule has 0 amide bonds. The molecule has 16 heavy (non-hydrogen) atoms. The van der Waals surface area contributed by atoms with E-state index in [0.717, 1.165) is 4.68 Å². The van der Waals surface area contributed by atoms with Gasteiger partial charge in [0.25, 0.3) is 0 Å². The van der Waals surface area contributed by atoms with E-state index in [9.17, 15) is 14.3 Å². The number of rotatable bonds is 2. The molecule has 0 N–H and O–H groups in total. The number of benzene rings is 1. The molecule has 0 spiro atoms. The highest BCUT2D eigenvalue weighted by Crippen LogP contribution is 2.14. The molecule has 1 aromatic carbocycles. The van der Waals surface area contributed by atoms with Crippen LogP contribution in [0.15, 0.2) is 24.3 Å². The molecule has 0 saturated heterocycles. The lowest BCUT2D eigenvalue weighted by atomic mass is 10.3. The predicted octanol–water partition coefficient (Wildman–Crippen LogP) is 0.0783. The lowest BCUT2D eigenvalue weighted by Gasteiger charge is -2.04. The Labute approximate surface area is 90.1 Å². The van der Waals surface area contributed by atoms with Gasteiger partial charge < -0.3 is 9.90 Å². The molecular formula is C10H7FN3O2-. The molecule has 82 valence electrons. The first-order valence-corrected chi connectivity index (χ1v) is 4.50. The fourth-order valence-corrected chi connectivity index (χ4v) is 1.37. The first-order valence-electron chi connectivity index (χ1n) is 4.50. The Bertz CT molecular complexity index is 551. The van der Waals surface area contributed by atoms with Gasteiger partial charge in [-0.2, -0.15) is 0 Å². The highest BCUT2D eigenvalue weighted by molar-refractivity contribution is 5.84. The monoisotopic (exact) mass is 220 g/mol. The van der Waals surface area contributed by atoms with Crippen molar-refractivity contribution in [3.63, 3.8) is 0 Å². The molecule has 6 heteroatoms. The molecule has 5 nitrogen and oxygen atoms in total. The number of nitrogens with zero attached hydrogens (tertiary/aromatic N) is 3. The van der Waals surface area contributed by atoms with Crippen LogP contribution < -0.4 is 5.11 Å². The molecule has 0 aliphatic heterocycles. The third-order valence-electron chi connectivity index (χ3n) is 2.17. The van der Waals surface area contributed by atoms with Crippen molar-refractivity contribution in [1.29, 1.82) is 0 Å². The summed E-state index contributed by atoms with van der Waals surface area (Å²) in [6.07, 6.45) is 0. The van der Waals surface area contributed by atoms with E-state index in [1.807, 2.05) is 0 Å². The minimum absolute atomic E-state index is 0.153. The number of hydrogen-bond acceptors (Lipinski definition) is 4. The van der Waals surface area contributed by atoms with Crippen molar-refractivity contribution in [2.75, 3.05) is 0 Å². The number of hydrogen-bond donors (Lipinski definition) is 0. The molecule has 2 aromatic rings. The molecule has 0 fully saturated rings. The van der Waals surface area contributed by atoms with Crippen molar-refractivity contribution in [3.05, 3.63) is 41.5 Å². The van der Waals surface area contributed by atoms with E-state index in [-0.39, 0.29) is 17.1 Å². The van der Waals surface area contributed by atoms with Gasteiger partial charge in [0.2, 0.25) is 0 Å². The largest absolute Gasteiger partial charge is 0.543 e. The average molecular weight is 220 g/mol. The van der Waals surface area contributed by atoms with Gasteiger partial charge in [0.05, 0.1) is 11.7 Å². The fraction of sp³-hybridized carbons (Fsp3) is 0.100. The van der Waals surface area contributed by atoms with E-state index < -0.39 is 11.8 Å². The summed E-state index contributed by atoms with van der Waals surface area (Å²) >= 11 is 0. The molecule has 0 unspecified atom stereocenters. The smallest absolute Gasteiger partial charge is 0.148 e. The Kier molecular flexibility index (Phi) is 2.40. The highest BCUT2D eigenvalue weighted by atomic mass is 19.1. The summed E-state index contributed by atoms with van der Waals surface area (Å²) in [5.41, 5.74) is 0.0911. The van der Waals surface area contributed by atoms with Gasteiger partial charge >= 0.3 is 0 Å². The second-order valence-electron chi connectivity index (χ2n) is 3.17. The van der Waals surface area contributed by atoms with Gasteiger partial charge in [-0.1, -0.05) is 17.3 Å². The lowest BCUT2D eigenvalue weighted by molar-refractivity contribution is -0.255. The maximum Gasteiger partial charge on any atom is 0.148 e. The minimum Gasteiger partial charge on any atom is -0.543 e. The van der Waals surface area contributed by atoms with Crippen LogP contribution in [-0.4, -0.2) is 21.0 Å². The molecular weight excluding hydrogens is 213 g/mol. The molecule has 1 heterocycles. The summed E-state index contributed by atoms with van der Waals surface area (Å²) in [4.78, 5) is 10.6. The van der Waals surface area contributed by atoms with Crippen LogP contribution in [0, 0.1) is 12.7 Å². The van der Waals surface area contributed by atoms with Crippen LogP contribution in [0.25, 0.3) is 5.69 Å². The number of halogens is 1. The first-order chi connectivity index (χ1) is 7.61. The molecule has 0 aliphatic rings. The zero-order valence-electron chi connectivity index (χ0n) is 8.35. The van der Waals surface area contributed by atoms with Crippen molar-refractivity contribution in [3.8, 4) is 5.69 Å². The SMILES string of the molecule is Cc1c(C(=O)[O-])nnn1-c1ccccc1F. The van der Waals surface area contributed by atoms with Gasteiger partial charge in [-0.15, -0.1) is 5.10 Å². The van der Waals surface area contributed by atoms with Crippen LogP contribution in [0.4, 0.5) is 4.39 Å². The lowest BCUT2D eigenvalue weighted by Crippen LogP contribution is -2.23. The van der Waals surface area contributed by atoms with E-state index in [4.69, 9.17) is 0 Å². The van der Waals surface area contributed by atoms with Crippen LogP contribution in [0.1, 0.15) is 16.2 Å². The number of carbonyl (C=O) groups is 1. The molecule has 0 saturated carbocycles. The number of para-hydroxylation sites is 1. The normalized spacial score (nSPS) is 10.4. The maximum absolute atomic E-state index is 13.4. The van der Waals surface area contributed by atoms with E-state index in [0.29, 0.717) is 0 Å². The number of carboxylic acids is 1. The summed E-state index contributed by atoms with van der Waals surface area (Å²) in [5, 5.41) is 17.6. The Hall–Kier alpha value is -2.24. The number of carbonyl (C=O) groups excluding carboxylic acids is 1. The third kappa shape index (κ3) is 1.54. The molecule has 2 rings (SSSR count). The minimum atomic E-state index is -1.43. The van der Waals surface area contributed by atoms with Crippen molar-refractivity contribution in [1.82, 2.24) is 15.0 Å². The zero-order valence-corrected chi connectivity index (χ0v) is 8.35. The van der Waals surface area contributed by atoms with Gasteiger partial charge in [-0.25, -0.2) is 9.07 Å². The van der Waals surface area contributed by atoms with Gasteiger partial charge in [0.15, 0.2) is 0 Å². The van der Waals surface area contributed by atoms with Crippen LogP contribution in [0.2, 0.25) is 0 Å². The van der Waals surface area contributed by atoms with Crippen LogP contribution in [-0.2, 0) is 0 Å². The van der Waals surface area contributed by atoms with Crippen molar-refractivity contribution < 1.29 is 14.3 Å². The Balaban J connectivity index is 2.58. The summed E-state index contributed by atoms with van der Waals surface area (Å²) in [7, 11) is 0. The summed E-state index contributed by atoms with van der Waals surface area (Å²) in [6.45, 7) is 1.48. The third-order valence-corrected chi connectivity index (χ3v) is 2.17. The molecule has 0 bridgehead atoms. The predicted molar refractivity (Wildman–Crippen MR) is 50.4 cm³/mol. The van der Waals surface area contributed by atoms with Crippen LogP contribution in [0.3, 0.4) is 0 Å². The fourth-order valence-electron chi connectivity index (χ4n) is 1.37. The Morgan fingerprint density at radius 1 is 1.44 bits per heavy atom. The van der Waals surface area contributed by atoms with E-state index in [1.54, 1.807) is 6.07 Å². The Morgan fingerprint density at radius 3 is 2.69 bits per heavy atom. The van der Waals surface area contributed by atoms with Gasteiger partial charge in [0, 0.05) is 0 Å². The molecule has 0 aliphatic carbocycles.